The average Bonchev–Trinajstić information content (AvgIpc) is 2.78. The number of rotatable bonds is 5. The summed E-state index contributed by atoms with van der Waals surface area (Å²) in [4.78, 5) is 7.95. The summed E-state index contributed by atoms with van der Waals surface area (Å²) in [5.41, 5.74) is -0.226. The lowest BCUT2D eigenvalue weighted by molar-refractivity contribution is 0.0314. The smallest absolute Gasteiger partial charge is 0.224 e. The molecule has 1 fully saturated rings. The van der Waals surface area contributed by atoms with Gasteiger partial charge in [-0.05, 0) is 26.7 Å². The molecule has 1 unspecified atom stereocenters. The molecule has 0 spiro atoms. The minimum Gasteiger partial charge on any atom is -0.373 e. The van der Waals surface area contributed by atoms with Crippen LogP contribution in [0.3, 0.4) is 0 Å². The van der Waals surface area contributed by atoms with E-state index in [2.05, 4.69) is 20.6 Å². The zero-order chi connectivity index (χ0) is 13.0. The number of hydrogen-bond donors (Lipinski definition) is 2. The number of anilines is 2. The van der Waals surface area contributed by atoms with Gasteiger partial charge in [0.2, 0.25) is 5.95 Å². The molecular formula is C12H19FN4O. The molecule has 2 rings (SSSR count). The Bertz CT molecular complexity index is 407. The van der Waals surface area contributed by atoms with Crippen molar-refractivity contribution in [1.29, 1.82) is 0 Å². The molecule has 1 saturated heterocycles. The Hall–Kier alpha value is -1.43. The zero-order valence-electron chi connectivity index (χ0n) is 10.8. The molecule has 0 saturated carbocycles. The van der Waals surface area contributed by atoms with Crippen molar-refractivity contribution in [1.82, 2.24) is 9.97 Å². The molecular weight excluding hydrogens is 235 g/mol. The van der Waals surface area contributed by atoms with Crippen molar-refractivity contribution in [2.75, 3.05) is 30.3 Å². The van der Waals surface area contributed by atoms with E-state index >= 15 is 0 Å². The molecule has 100 valence electrons. The third-order valence-corrected chi connectivity index (χ3v) is 3.01. The highest BCUT2D eigenvalue weighted by atomic mass is 19.1. The van der Waals surface area contributed by atoms with Gasteiger partial charge in [0.15, 0.2) is 11.6 Å². The highest BCUT2D eigenvalue weighted by Gasteiger charge is 2.29. The highest BCUT2D eigenvalue weighted by molar-refractivity contribution is 5.41. The van der Waals surface area contributed by atoms with Gasteiger partial charge in [0, 0.05) is 19.7 Å². The first kappa shape index (κ1) is 13.0. The molecule has 1 aromatic heterocycles. The number of aromatic nitrogens is 2. The quantitative estimate of drug-likeness (QED) is 0.842. The van der Waals surface area contributed by atoms with Gasteiger partial charge in [0.05, 0.1) is 11.8 Å². The fourth-order valence-corrected chi connectivity index (χ4v) is 1.98. The van der Waals surface area contributed by atoms with Crippen molar-refractivity contribution in [3.63, 3.8) is 0 Å². The van der Waals surface area contributed by atoms with Crippen LogP contribution in [0.25, 0.3) is 0 Å². The zero-order valence-corrected chi connectivity index (χ0v) is 10.8. The van der Waals surface area contributed by atoms with Crippen LogP contribution < -0.4 is 10.6 Å². The molecule has 2 N–H and O–H groups in total. The first-order valence-corrected chi connectivity index (χ1v) is 6.27. The second kappa shape index (κ2) is 5.48. The molecule has 1 atom stereocenters. The minimum absolute atomic E-state index is 0.220. The van der Waals surface area contributed by atoms with E-state index < -0.39 is 5.82 Å². The summed E-state index contributed by atoms with van der Waals surface area (Å²) >= 11 is 0. The second-order valence-electron chi connectivity index (χ2n) is 4.68. The van der Waals surface area contributed by atoms with Crippen molar-refractivity contribution >= 4 is 11.8 Å². The summed E-state index contributed by atoms with van der Waals surface area (Å²) in [6.45, 7) is 5.98. The largest absolute Gasteiger partial charge is 0.373 e. The molecule has 0 radical (unpaired) electrons. The Balaban J connectivity index is 2.01. The van der Waals surface area contributed by atoms with Crippen LogP contribution in [0.15, 0.2) is 6.20 Å². The summed E-state index contributed by atoms with van der Waals surface area (Å²) in [7, 11) is 0. The summed E-state index contributed by atoms with van der Waals surface area (Å²) in [6, 6.07) is 0. The van der Waals surface area contributed by atoms with Gasteiger partial charge in [-0.3, -0.25) is 0 Å². The fourth-order valence-electron chi connectivity index (χ4n) is 1.98. The predicted molar refractivity (Wildman–Crippen MR) is 68.2 cm³/mol. The molecule has 18 heavy (non-hydrogen) atoms. The third-order valence-electron chi connectivity index (χ3n) is 3.01. The maximum absolute atomic E-state index is 13.6. The minimum atomic E-state index is -0.446. The molecule has 0 aliphatic carbocycles. The Morgan fingerprint density at radius 3 is 3.00 bits per heavy atom. The molecule has 6 heteroatoms. The van der Waals surface area contributed by atoms with E-state index in [9.17, 15) is 4.39 Å². The van der Waals surface area contributed by atoms with Crippen LogP contribution in [0.2, 0.25) is 0 Å². The van der Waals surface area contributed by atoms with Gasteiger partial charge in [0.1, 0.15) is 0 Å². The third kappa shape index (κ3) is 3.07. The highest BCUT2D eigenvalue weighted by Crippen LogP contribution is 2.25. The predicted octanol–water partition coefficient (Wildman–Crippen LogP) is 2.03. The molecule has 1 aliphatic rings. The first-order chi connectivity index (χ1) is 8.63. The van der Waals surface area contributed by atoms with E-state index in [4.69, 9.17) is 4.74 Å². The molecule has 0 aromatic carbocycles. The maximum Gasteiger partial charge on any atom is 0.224 e. The monoisotopic (exact) mass is 254 g/mol. The normalized spacial score (nSPS) is 23.1. The Labute approximate surface area is 106 Å². The molecule has 0 bridgehead atoms. The van der Waals surface area contributed by atoms with Gasteiger partial charge in [-0.2, -0.15) is 4.98 Å². The first-order valence-electron chi connectivity index (χ1n) is 6.27. The van der Waals surface area contributed by atoms with Crippen LogP contribution in [0, 0.1) is 5.82 Å². The van der Waals surface area contributed by atoms with E-state index in [1.54, 1.807) is 0 Å². The van der Waals surface area contributed by atoms with Gasteiger partial charge < -0.3 is 15.4 Å². The molecule has 1 aliphatic heterocycles. The molecule has 5 nitrogen and oxygen atoms in total. The summed E-state index contributed by atoms with van der Waals surface area (Å²) in [5.74, 6) is 0.204. The standard InChI is InChI=1S/C12H19FN4O/c1-3-14-11-15-7-9(13)10(17-11)16-8-12(2)5-4-6-18-12/h7H,3-6,8H2,1-2H3,(H2,14,15,16,17). The lowest BCUT2D eigenvalue weighted by Gasteiger charge is -2.23. The maximum atomic E-state index is 13.6. The molecule has 1 aromatic rings. The molecule has 2 heterocycles. The fraction of sp³-hybridized carbons (Fsp3) is 0.667. The lowest BCUT2D eigenvalue weighted by atomic mass is 10.0. The Morgan fingerprint density at radius 2 is 2.33 bits per heavy atom. The number of ether oxygens (including phenoxy) is 1. The number of hydrogen-bond acceptors (Lipinski definition) is 5. The SMILES string of the molecule is CCNc1ncc(F)c(NCC2(C)CCCO2)n1. The topological polar surface area (TPSA) is 59.1 Å². The summed E-state index contributed by atoms with van der Waals surface area (Å²) in [6.07, 6.45) is 3.20. The van der Waals surface area contributed by atoms with Gasteiger partial charge in [-0.1, -0.05) is 0 Å². The van der Waals surface area contributed by atoms with Crippen LogP contribution in [0.5, 0.6) is 0 Å². The number of halogens is 1. The van der Waals surface area contributed by atoms with Crippen LogP contribution in [-0.4, -0.2) is 35.3 Å². The van der Waals surface area contributed by atoms with Crippen LogP contribution in [-0.2, 0) is 4.74 Å². The van der Waals surface area contributed by atoms with Crippen molar-refractivity contribution < 1.29 is 9.13 Å². The van der Waals surface area contributed by atoms with E-state index in [0.717, 1.165) is 19.4 Å². The van der Waals surface area contributed by atoms with E-state index in [0.29, 0.717) is 19.0 Å². The second-order valence-corrected chi connectivity index (χ2v) is 4.68. The van der Waals surface area contributed by atoms with Gasteiger partial charge in [0.25, 0.3) is 0 Å². The number of nitrogens with one attached hydrogen (secondary N) is 2. The van der Waals surface area contributed by atoms with E-state index in [1.807, 2.05) is 13.8 Å². The Kier molecular flexibility index (Phi) is 3.96. The van der Waals surface area contributed by atoms with Crippen molar-refractivity contribution in [3.8, 4) is 0 Å². The lowest BCUT2D eigenvalue weighted by Crippen LogP contribution is -2.33. The molecule has 0 amide bonds. The van der Waals surface area contributed by atoms with Crippen LogP contribution >= 0.6 is 0 Å². The van der Waals surface area contributed by atoms with Gasteiger partial charge in [-0.15, -0.1) is 0 Å². The summed E-state index contributed by atoms with van der Waals surface area (Å²) in [5, 5.41) is 5.96. The van der Waals surface area contributed by atoms with E-state index in [-0.39, 0.29) is 11.4 Å². The van der Waals surface area contributed by atoms with Gasteiger partial charge in [-0.25, -0.2) is 9.37 Å². The average molecular weight is 254 g/mol. The van der Waals surface area contributed by atoms with Crippen LogP contribution in [0.4, 0.5) is 16.2 Å². The van der Waals surface area contributed by atoms with Crippen molar-refractivity contribution in [2.24, 2.45) is 0 Å². The summed E-state index contributed by atoms with van der Waals surface area (Å²) < 4.78 is 19.2. The van der Waals surface area contributed by atoms with Gasteiger partial charge >= 0.3 is 0 Å². The number of nitrogens with zero attached hydrogens (tertiary/aromatic N) is 2. The van der Waals surface area contributed by atoms with Crippen molar-refractivity contribution in [2.45, 2.75) is 32.3 Å². The van der Waals surface area contributed by atoms with Crippen LogP contribution in [0.1, 0.15) is 26.7 Å². The Morgan fingerprint density at radius 1 is 1.50 bits per heavy atom. The van der Waals surface area contributed by atoms with E-state index in [1.165, 1.54) is 6.20 Å². The van der Waals surface area contributed by atoms with Crippen molar-refractivity contribution in [3.05, 3.63) is 12.0 Å².